The van der Waals surface area contributed by atoms with Crippen molar-refractivity contribution in [2.45, 2.75) is 24.9 Å². The lowest BCUT2D eigenvalue weighted by atomic mass is 9.97. The van der Waals surface area contributed by atoms with E-state index in [-0.39, 0.29) is 19.1 Å². The van der Waals surface area contributed by atoms with Gasteiger partial charge in [0.05, 0.1) is 6.61 Å². The van der Waals surface area contributed by atoms with E-state index in [4.69, 9.17) is 14.6 Å². The molecule has 3 N–H and O–H groups in total. The molecule has 3 aromatic carbocycles. The minimum absolute atomic E-state index is 0.0903. The molecule has 0 aromatic heterocycles. The maximum absolute atomic E-state index is 13.1. The van der Waals surface area contributed by atoms with Gasteiger partial charge in [0.1, 0.15) is 12.4 Å². The zero-order valence-electron chi connectivity index (χ0n) is 19.0. The predicted molar refractivity (Wildman–Crippen MR) is 133 cm³/mol. The van der Waals surface area contributed by atoms with E-state index in [1.807, 2.05) is 48.5 Å². The number of carbonyl (C=O) groups excluding carboxylic acids is 1. The second-order valence-electron chi connectivity index (χ2n) is 8.13. The van der Waals surface area contributed by atoms with Gasteiger partial charge in [-0.15, -0.1) is 6.58 Å². The van der Waals surface area contributed by atoms with Crippen LogP contribution in [0, 0.1) is 0 Å². The minimum atomic E-state index is -1.08. The highest BCUT2D eigenvalue weighted by Gasteiger charge is 2.43. The number of nitrogens with zero attached hydrogens (tertiary/aromatic N) is 1. The lowest BCUT2D eigenvalue weighted by molar-refractivity contribution is -0.127. The molecule has 1 amide bonds. The van der Waals surface area contributed by atoms with Gasteiger partial charge in [-0.2, -0.15) is 0 Å². The van der Waals surface area contributed by atoms with E-state index in [1.54, 1.807) is 6.08 Å². The van der Waals surface area contributed by atoms with Crippen molar-refractivity contribution in [3.05, 3.63) is 90.5 Å². The summed E-state index contributed by atoms with van der Waals surface area (Å²) in [6.07, 6.45) is 2.60. The summed E-state index contributed by atoms with van der Waals surface area (Å²) >= 11 is 0. The van der Waals surface area contributed by atoms with Crippen LogP contribution < -0.4 is 15.6 Å². The van der Waals surface area contributed by atoms with Gasteiger partial charge in [-0.25, -0.2) is 10.4 Å². The zero-order valence-corrected chi connectivity index (χ0v) is 19.0. The second kappa shape index (κ2) is 11.0. The third-order valence-corrected chi connectivity index (χ3v) is 5.70. The monoisotopic (exact) mass is 459 g/mol. The molecule has 1 atom stereocenters. The highest BCUT2D eigenvalue weighted by Crippen LogP contribution is 2.27. The van der Waals surface area contributed by atoms with E-state index in [2.05, 4.69) is 40.6 Å². The van der Waals surface area contributed by atoms with Crippen LogP contribution in [0.4, 0.5) is 0 Å². The fraction of sp³-hybridized carbons (Fsp3) is 0.259. The van der Waals surface area contributed by atoms with Crippen molar-refractivity contribution in [1.29, 1.82) is 0 Å². The first-order valence-electron chi connectivity index (χ1n) is 11.3. The maximum atomic E-state index is 13.1. The molecule has 34 heavy (non-hydrogen) atoms. The number of hydrogen-bond acceptors (Lipinski definition) is 6. The SMILES string of the molecule is C=CC[C@@]1(C(=O)NNCc2cccc3ccccc23)COC(c2ccc(OCCCO)cc2)=N1. The van der Waals surface area contributed by atoms with Crippen molar-refractivity contribution in [3.8, 4) is 5.75 Å². The molecule has 0 radical (unpaired) electrons. The molecule has 7 nitrogen and oxygen atoms in total. The fourth-order valence-electron chi connectivity index (χ4n) is 3.88. The predicted octanol–water partition coefficient (Wildman–Crippen LogP) is 3.51. The van der Waals surface area contributed by atoms with Crippen molar-refractivity contribution in [2.75, 3.05) is 19.8 Å². The number of hydrogen-bond donors (Lipinski definition) is 3. The average molecular weight is 460 g/mol. The van der Waals surface area contributed by atoms with Gasteiger partial charge in [-0.1, -0.05) is 48.5 Å². The molecular formula is C27H29N3O4. The zero-order chi connectivity index (χ0) is 23.8. The van der Waals surface area contributed by atoms with Gasteiger partial charge in [0.25, 0.3) is 5.91 Å². The van der Waals surface area contributed by atoms with E-state index in [0.717, 1.165) is 21.9 Å². The van der Waals surface area contributed by atoms with Gasteiger partial charge in [0, 0.05) is 31.6 Å². The van der Waals surface area contributed by atoms with Crippen molar-refractivity contribution in [3.63, 3.8) is 0 Å². The molecule has 0 bridgehead atoms. The molecule has 0 unspecified atom stereocenters. The number of nitrogens with one attached hydrogen (secondary N) is 2. The Labute approximate surface area is 199 Å². The van der Waals surface area contributed by atoms with E-state index in [1.165, 1.54) is 0 Å². The van der Waals surface area contributed by atoms with Crippen LogP contribution in [0.25, 0.3) is 10.8 Å². The van der Waals surface area contributed by atoms with Crippen LogP contribution >= 0.6 is 0 Å². The number of aliphatic imine (C=N–C) groups is 1. The van der Waals surface area contributed by atoms with Gasteiger partial charge in [0.2, 0.25) is 5.90 Å². The van der Waals surface area contributed by atoms with E-state index < -0.39 is 5.54 Å². The number of rotatable bonds is 11. The first kappa shape index (κ1) is 23.5. The Hall–Kier alpha value is -3.68. The van der Waals surface area contributed by atoms with Crippen molar-refractivity contribution < 1.29 is 19.4 Å². The lowest BCUT2D eigenvalue weighted by Gasteiger charge is -2.21. The van der Waals surface area contributed by atoms with Gasteiger partial charge < -0.3 is 14.6 Å². The Kier molecular flexibility index (Phi) is 7.57. The van der Waals surface area contributed by atoms with Crippen LogP contribution in [-0.2, 0) is 16.1 Å². The molecule has 0 saturated heterocycles. The molecule has 0 aliphatic carbocycles. The van der Waals surface area contributed by atoms with Crippen LogP contribution in [0.2, 0.25) is 0 Å². The Balaban J connectivity index is 1.42. The fourth-order valence-corrected chi connectivity index (χ4v) is 3.88. The highest BCUT2D eigenvalue weighted by atomic mass is 16.5. The molecule has 0 fully saturated rings. The van der Waals surface area contributed by atoms with E-state index >= 15 is 0 Å². The summed E-state index contributed by atoms with van der Waals surface area (Å²) in [6, 6.07) is 21.6. The maximum Gasteiger partial charge on any atom is 0.266 e. The number of ether oxygens (including phenoxy) is 2. The van der Waals surface area contributed by atoms with Crippen LogP contribution in [0.1, 0.15) is 24.0 Å². The number of aliphatic hydroxyl groups excluding tert-OH is 1. The molecule has 1 heterocycles. The largest absolute Gasteiger partial charge is 0.494 e. The Morgan fingerprint density at radius 3 is 2.74 bits per heavy atom. The Bertz CT molecular complexity index is 1170. The number of carbonyl (C=O) groups is 1. The normalized spacial score (nSPS) is 17.1. The molecule has 1 aliphatic rings. The smallest absolute Gasteiger partial charge is 0.266 e. The first-order valence-corrected chi connectivity index (χ1v) is 11.3. The third kappa shape index (κ3) is 5.27. The van der Waals surface area contributed by atoms with Crippen molar-refractivity contribution in [1.82, 2.24) is 10.9 Å². The number of benzene rings is 3. The van der Waals surface area contributed by atoms with Crippen molar-refractivity contribution >= 4 is 22.6 Å². The topological polar surface area (TPSA) is 92.2 Å². The molecular weight excluding hydrogens is 430 g/mol. The van der Waals surface area contributed by atoms with Gasteiger partial charge >= 0.3 is 0 Å². The summed E-state index contributed by atoms with van der Waals surface area (Å²) in [4.78, 5) is 17.8. The standard InChI is InChI=1S/C27H29N3O4/c1-2-15-27(19-34-25(29-27)21-11-13-23(14-12-21)33-17-6-16-31)26(32)30-28-18-22-9-5-8-20-7-3-4-10-24(20)22/h2-5,7-14,28,31H,1,6,15-19H2,(H,30,32)/t27-/m0/s1. The molecule has 4 rings (SSSR count). The van der Waals surface area contributed by atoms with Crippen LogP contribution in [0.3, 0.4) is 0 Å². The summed E-state index contributed by atoms with van der Waals surface area (Å²) in [5.74, 6) is 0.836. The summed E-state index contributed by atoms with van der Waals surface area (Å²) < 4.78 is 11.4. The average Bonchev–Trinajstić information content (AvgIpc) is 3.30. The second-order valence-corrected chi connectivity index (χ2v) is 8.13. The molecule has 3 aromatic rings. The summed E-state index contributed by atoms with van der Waals surface area (Å²) in [7, 11) is 0. The first-order chi connectivity index (χ1) is 16.6. The number of amides is 1. The number of fused-ring (bicyclic) bond motifs is 1. The van der Waals surface area contributed by atoms with Gasteiger partial charge in [0.15, 0.2) is 5.54 Å². The Morgan fingerprint density at radius 2 is 1.94 bits per heavy atom. The van der Waals surface area contributed by atoms with Crippen LogP contribution in [-0.4, -0.2) is 42.3 Å². The summed E-state index contributed by atoms with van der Waals surface area (Å²) in [6.45, 7) is 4.94. The molecule has 1 aliphatic heterocycles. The minimum Gasteiger partial charge on any atom is -0.494 e. The molecule has 176 valence electrons. The van der Waals surface area contributed by atoms with Gasteiger partial charge in [-0.3, -0.25) is 10.2 Å². The summed E-state index contributed by atoms with van der Waals surface area (Å²) in [5, 5.41) is 11.2. The third-order valence-electron chi connectivity index (χ3n) is 5.70. The van der Waals surface area contributed by atoms with Crippen molar-refractivity contribution in [2.24, 2.45) is 4.99 Å². The van der Waals surface area contributed by atoms with E-state index in [0.29, 0.717) is 37.6 Å². The number of hydrazine groups is 1. The number of aliphatic hydroxyl groups is 1. The highest BCUT2D eigenvalue weighted by molar-refractivity contribution is 6.00. The quantitative estimate of drug-likeness (QED) is 0.232. The van der Waals surface area contributed by atoms with Crippen LogP contribution in [0.15, 0.2) is 84.4 Å². The molecule has 0 spiro atoms. The molecule has 7 heteroatoms. The van der Waals surface area contributed by atoms with Gasteiger partial charge in [-0.05, 0) is 40.6 Å². The van der Waals surface area contributed by atoms with Crippen LogP contribution in [0.5, 0.6) is 5.75 Å². The summed E-state index contributed by atoms with van der Waals surface area (Å²) in [5.41, 5.74) is 6.62. The lowest BCUT2D eigenvalue weighted by Crippen LogP contribution is -2.51. The molecule has 0 saturated carbocycles. The van der Waals surface area contributed by atoms with E-state index in [9.17, 15) is 4.79 Å². The Morgan fingerprint density at radius 1 is 1.15 bits per heavy atom.